The van der Waals surface area contributed by atoms with E-state index in [1.54, 1.807) is 0 Å². The van der Waals surface area contributed by atoms with Crippen LogP contribution in [0.2, 0.25) is 0 Å². The number of carbonyl (C=O) groups excluding carboxylic acids is 2. The van der Waals surface area contributed by atoms with Crippen LogP contribution in [-0.2, 0) is 21.9 Å². The van der Waals surface area contributed by atoms with E-state index in [1.165, 1.54) is 51.1 Å². The second-order valence-corrected chi connectivity index (χ2v) is 7.47. The molecule has 2 aromatic rings. The van der Waals surface area contributed by atoms with E-state index in [0.29, 0.717) is 18.2 Å². The molecule has 1 atom stereocenters. The molecule has 0 aliphatic heterocycles. The molecule has 0 heterocycles. The number of halogens is 6. The number of hydrogen-bond donors (Lipinski definition) is 0. The molecule has 30 heavy (non-hydrogen) atoms. The Labute approximate surface area is 168 Å². The molecule has 0 aliphatic carbocycles. The number of carbonyl (C=O) groups is 2. The molecule has 0 amide bonds. The zero-order valence-corrected chi connectivity index (χ0v) is 16.2. The Morgan fingerprint density at radius 3 is 1.63 bits per heavy atom. The lowest BCUT2D eigenvalue weighted by Crippen LogP contribution is -2.33. The Morgan fingerprint density at radius 2 is 1.23 bits per heavy atom. The first-order chi connectivity index (χ1) is 13.6. The third kappa shape index (κ3) is 5.40. The normalized spacial score (nSPS) is 13.6. The predicted octanol–water partition coefficient (Wildman–Crippen LogP) is 6.03. The molecule has 162 valence electrons. The summed E-state index contributed by atoms with van der Waals surface area (Å²) < 4.78 is 86.0. The van der Waals surface area contributed by atoms with Gasteiger partial charge in [0.2, 0.25) is 0 Å². The number of benzene rings is 2. The van der Waals surface area contributed by atoms with Gasteiger partial charge in [0.25, 0.3) is 0 Å². The molecular weight excluding hydrogens is 414 g/mol. The van der Waals surface area contributed by atoms with Crippen LogP contribution in [0.5, 0.6) is 0 Å². The maximum Gasteiger partial charge on any atom is 0.417 e. The molecule has 3 nitrogen and oxygen atoms in total. The smallest absolute Gasteiger partial charge is 0.417 e. The van der Waals surface area contributed by atoms with E-state index in [0.717, 1.165) is 0 Å². The van der Waals surface area contributed by atoms with Crippen molar-refractivity contribution in [3.05, 3.63) is 70.8 Å². The first kappa shape index (κ1) is 23.4. The van der Waals surface area contributed by atoms with E-state index in [4.69, 9.17) is 4.74 Å². The molecular formula is C21H18F6O3. The Kier molecular flexibility index (Phi) is 6.34. The van der Waals surface area contributed by atoms with Crippen LogP contribution < -0.4 is 0 Å². The lowest BCUT2D eigenvalue weighted by molar-refractivity contribution is -0.156. The van der Waals surface area contributed by atoms with Crippen molar-refractivity contribution in [2.75, 3.05) is 0 Å². The summed E-state index contributed by atoms with van der Waals surface area (Å²) in [5, 5.41) is 0. The molecule has 1 unspecified atom stereocenters. The standard InChI is InChI=1S/C21H18F6O3/c1-19(2,3)30-18(29)15(12-8-5-4-6-9-12)17(28)16-13(20(22,23)24)10-7-11-14(16)21(25,26)27/h4-11,15H,1-3H3. The molecule has 9 heteroatoms. The molecule has 0 saturated heterocycles. The minimum atomic E-state index is -5.25. The molecule has 0 N–H and O–H groups in total. The van der Waals surface area contributed by atoms with Gasteiger partial charge >= 0.3 is 18.3 Å². The van der Waals surface area contributed by atoms with Gasteiger partial charge < -0.3 is 4.74 Å². The van der Waals surface area contributed by atoms with Crippen LogP contribution in [0.3, 0.4) is 0 Å². The zero-order chi connectivity index (χ0) is 22.9. The SMILES string of the molecule is CC(C)(C)OC(=O)C(C(=O)c1c(C(F)(F)F)cccc1C(F)(F)F)c1ccccc1. The number of esters is 1. The zero-order valence-electron chi connectivity index (χ0n) is 16.2. The van der Waals surface area contributed by atoms with Gasteiger partial charge in [-0.3, -0.25) is 9.59 Å². The van der Waals surface area contributed by atoms with E-state index in [-0.39, 0.29) is 5.56 Å². The second kappa shape index (κ2) is 8.12. The van der Waals surface area contributed by atoms with E-state index < -0.39 is 52.3 Å². The number of alkyl halides is 6. The summed E-state index contributed by atoms with van der Waals surface area (Å²) in [5.74, 6) is -4.89. The minimum absolute atomic E-state index is 0.0816. The lowest BCUT2D eigenvalue weighted by atomic mass is 9.85. The predicted molar refractivity (Wildman–Crippen MR) is 95.8 cm³/mol. The third-order valence-corrected chi connectivity index (χ3v) is 3.96. The molecule has 0 saturated carbocycles. The first-order valence-corrected chi connectivity index (χ1v) is 8.72. The van der Waals surface area contributed by atoms with Crippen LogP contribution in [0.1, 0.15) is 53.7 Å². The number of rotatable bonds is 4. The van der Waals surface area contributed by atoms with Crippen LogP contribution in [0.25, 0.3) is 0 Å². The highest BCUT2D eigenvalue weighted by Crippen LogP contribution is 2.41. The van der Waals surface area contributed by atoms with Crippen molar-refractivity contribution < 1.29 is 40.7 Å². The Balaban J connectivity index is 2.76. The second-order valence-electron chi connectivity index (χ2n) is 7.47. The van der Waals surface area contributed by atoms with Gasteiger partial charge in [-0.25, -0.2) is 0 Å². The molecule has 0 spiro atoms. The van der Waals surface area contributed by atoms with Gasteiger partial charge in [-0.1, -0.05) is 36.4 Å². The highest BCUT2D eigenvalue weighted by atomic mass is 19.4. The average molecular weight is 432 g/mol. The van der Waals surface area contributed by atoms with Crippen molar-refractivity contribution >= 4 is 11.8 Å². The van der Waals surface area contributed by atoms with Crippen molar-refractivity contribution in [3.8, 4) is 0 Å². The van der Waals surface area contributed by atoms with Crippen LogP contribution in [0.4, 0.5) is 26.3 Å². The summed E-state index contributed by atoms with van der Waals surface area (Å²) in [6.07, 6.45) is -10.5. The quantitative estimate of drug-likeness (QED) is 0.256. The number of Topliss-reactive ketones (excluding diaryl/α,β-unsaturated/α-hetero) is 1. The number of hydrogen-bond acceptors (Lipinski definition) is 3. The lowest BCUT2D eigenvalue weighted by Gasteiger charge is -2.25. The fourth-order valence-corrected chi connectivity index (χ4v) is 2.84. The summed E-state index contributed by atoms with van der Waals surface area (Å²) in [4.78, 5) is 25.8. The summed E-state index contributed by atoms with van der Waals surface area (Å²) in [6.45, 7) is 4.38. The Hall–Kier alpha value is -2.84. The summed E-state index contributed by atoms with van der Waals surface area (Å²) in [5.41, 5.74) is -6.36. The van der Waals surface area contributed by atoms with E-state index in [1.807, 2.05) is 0 Å². The molecule has 0 aromatic heterocycles. The van der Waals surface area contributed by atoms with Gasteiger partial charge in [0, 0.05) is 5.56 Å². The number of ether oxygens (including phenoxy) is 1. The maximum atomic E-state index is 13.5. The summed E-state index contributed by atoms with van der Waals surface area (Å²) in [6, 6.07) is 8.16. The molecule has 0 bridgehead atoms. The third-order valence-electron chi connectivity index (χ3n) is 3.96. The maximum absolute atomic E-state index is 13.5. The highest BCUT2D eigenvalue weighted by Gasteiger charge is 2.46. The van der Waals surface area contributed by atoms with Gasteiger partial charge in [-0.2, -0.15) is 26.3 Å². The topological polar surface area (TPSA) is 43.4 Å². The van der Waals surface area contributed by atoms with Crippen LogP contribution in [-0.4, -0.2) is 17.4 Å². The fourth-order valence-electron chi connectivity index (χ4n) is 2.84. The minimum Gasteiger partial charge on any atom is -0.459 e. The monoisotopic (exact) mass is 432 g/mol. The summed E-state index contributed by atoms with van der Waals surface area (Å²) in [7, 11) is 0. The van der Waals surface area contributed by atoms with Crippen molar-refractivity contribution in [2.24, 2.45) is 0 Å². The Bertz CT molecular complexity index is 892. The molecule has 0 aliphatic rings. The molecule has 0 fully saturated rings. The van der Waals surface area contributed by atoms with Crippen LogP contribution >= 0.6 is 0 Å². The van der Waals surface area contributed by atoms with E-state index >= 15 is 0 Å². The van der Waals surface area contributed by atoms with Crippen LogP contribution in [0, 0.1) is 0 Å². The van der Waals surface area contributed by atoms with Crippen LogP contribution in [0.15, 0.2) is 48.5 Å². The summed E-state index contributed by atoms with van der Waals surface area (Å²) >= 11 is 0. The van der Waals surface area contributed by atoms with E-state index in [9.17, 15) is 35.9 Å². The van der Waals surface area contributed by atoms with Gasteiger partial charge in [0.05, 0.1) is 11.1 Å². The van der Waals surface area contributed by atoms with Crippen molar-refractivity contribution in [1.82, 2.24) is 0 Å². The van der Waals surface area contributed by atoms with E-state index in [2.05, 4.69) is 0 Å². The van der Waals surface area contributed by atoms with Crippen molar-refractivity contribution in [2.45, 2.75) is 44.6 Å². The molecule has 2 rings (SSSR count). The van der Waals surface area contributed by atoms with Gasteiger partial charge in [0.1, 0.15) is 11.5 Å². The van der Waals surface area contributed by atoms with Gasteiger partial charge in [0.15, 0.2) is 5.78 Å². The van der Waals surface area contributed by atoms with Gasteiger partial charge in [-0.15, -0.1) is 0 Å². The van der Waals surface area contributed by atoms with Gasteiger partial charge in [-0.05, 0) is 38.5 Å². The highest BCUT2D eigenvalue weighted by molar-refractivity contribution is 6.14. The average Bonchev–Trinajstić information content (AvgIpc) is 2.59. The Morgan fingerprint density at radius 1 is 0.767 bits per heavy atom. The largest absolute Gasteiger partial charge is 0.459 e. The van der Waals surface area contributed by atoms with Crippen molar-refractivity contribution in [1.29, 1.82) is 0 Å². The first-order valence-electron chi connectivity index (χ1n) is 8.72. The molecule has 0 radical (unpaired) electrons. The molecule has 2 aromatic carbocycles. The number of ketones is 1. The van der Waals surface area contributed by atoms with Crippen molar-refractivity contribution in [3.63, 3.8) is 0 Å². The fraction of sp³-hybridized carbons (Fsp3) is 0.333.